The predicted octanol–water partition coefficient (Wildman–Crippen LogP) is 6.42. The number of nitrogens with one attached hydrogen (secondary N) is 1. The number of amides is 2. The largest absolute Gasteiger partial charge is 0.497 e. The second-order valence-electron chi connectivity index (χ2n) is 10.7. The van der Waals surface area contributed by atoms with Crippen molar-refractivity contribution >= 4 is 40.0 Å². The van der Waals surface area contributed by atoms with Gasteiger partial charge in [-0.15, -0.1) is 0 Å². The van der Waals surface area contributed by atoms with Gasteiger partial charge in [-0.3, -0.25) is 14.3 Å². The molecule has 2 amide bonds. The molecule has 216 valence electrons. The van der Waals surface area contributed by atoms with E-state index in [0.717, 1.165) is 45.9 Å². The molecule has 0 aliphatic carbocycles. The summed E-state index contributed by atoms with van der Waals surface area (Å²) in [5.41, 5.74) is 10.4. The Hall–Kier alpha value is -5.37. The molecule has 2 heterocycles. The van der Waals surface area contributed by atoms with Gasteiger partial charge in [0.25, 0.3) is 5.91 Å². The maximum absolute atomic E-state index is 13.2. The number of methoxy groups -OCH3 is 1. The number of nitrogen functional groups attached to an aromatic ring is 1. The number of fused-ring (bicyclic) bond motifs is 1. The molecule has 0 unspecified atom stereocenters. The van der Waals surface area contributed by atoms with Crippen LogP contribution in [0.3, 0.4) is 0 Å². The topological polar surface area (TPSA) is 102 Å². The fourth-order valence-corrected chi connectivity index (χ4v) is 5.49. The highest BCUT2D eigenvalue weighted by Crippen LogP contribution is 2.30. The number of ether oxygens (including phenoxy) is 1. The number of aromatic nitrogens is 2. The first-order valence-corrected chi connectivity index (χ1v) is 14.3. The summed E-state index contributed by atoms with van der Waals surface area (Å²) in [6, 6.07) is 27.1. The summed E-state index contributed by atoms with van der Waals surface area (Å²) in [7, 11) is 1.62. The molecule has 0 saturated carbocycles. The van der Waals surface area contributed by atoms with E-state index >= 15 is 0 Å². The number of carbonyl (C=O) groups is 2. The van der Waals surface area contributed by atoms with Crippen LogP contribution in [0.5, 0.6) is 5.75 Å². The zero-order chi connectivity index (χ0) is 29.8. The minimum absolute atomic E-state index is 0.0724. The van der Waals surface area contributed by atoms with Gasteiger partial charge in [-0.05, 0) is 83.3 Å². The molecule has 1 aliphatic rings. The normalized spacial score (nSPS) is 13.8. The van der Waals surface area contributed by atoms with E-state index in [-0.39, 0.29) is 17.9 Å². The summed E-state index contributed by atoms with van der Waals surface area (Å²) < 4.78 is 7.54. The van der Waals surface area contributed by atoms with Crippen molar-refractivity contribution in [1.29, 1.82) is 0 Å². The number of para-hydroxylation sites is 2. The highest BCUT2D eigenvalue weighted by molar-refractivity contribution is 6.03. The number of nitrogens with zero attached hydrogens (tertiary/aromatic N) is 3. The smallest absolute Gasteiger partial charge is 0.253 e. The maximum atomic E-state index is 13.2. The van der Waals surface area contributed by atoms with Gasteiger partial charge >= 0.3 is 0 Å². The molecular weight excluding hydrogens is 538 g/mol. The lowest BCUT2D eigenvalue weighted by molar-refractivity contribution is -0.111. The van der Waals surface area contributed by atoms with E-state index in [4.69, 9.17) is 10.5 Å². The Labute approximate surface area is 250 Å². The minimum Gasteiger partial charge on any atom is -0.497 e. The number of piperidine rings is 1. The second kappa shape index (κ2) is 12.2. The lowest BCUT2D eigenvalue weighted by atomic mass is 10.0. The molecule has 8 heteroatoms. The van der Waals surface area contributed by atoms with Crippen LogP contribution in [0.2, 0.25) is 0 Å². The molecule has 0 bridgehead atoms. The lowest BCUT2D eigenvalue weighted by Crippen LogP contribution is -2.39. The Morgan fingerprint density at radius 3 is 2.49 bits per heavy atom. The molecule has 8 nitrogen and oxygen atoms in total. The van der Waals surface area contributed by atoms with Crippen LogP contribution in [0.25, 0.3) is 28.0 Å². The Morgan fingerprint density at radius 2 is 1.70 bits per heavy atom. The van der Waals surface area contributed by atoms with Crippen molar-refractivity contribution in [2.45, 2.75) is 18.9 Å². The molecule has 43 heavy (non-hydrogen) atoms. The van der Waals surface area contributed by atoms with Crippen LogP contribution in [0.1, 0.15) is 34.8 Å². The predicted molar refractivity (Wildman–Crippen MR) is 171 cm³/mol. The number of hydrogen-bond acceptors (Lipinski definition) is 5. The average molecular weight is 572 g/mol. The average Bonchev–Trinajstić information content (AvgIpc) is 3.55. The molecule has 1 aliphatic heterocycles. The van der Waals surface area contributed by atoms with Crippen molar-refractivity contribution in [2.75, 3.05) is 31.2 Å². The summed E-state index contributed by atoms with van der Waals surface area (Å²) >= 11 is 0. The zero-order valence-corrected chi connectivity index (χ0v) is 23.9. The van der Waals surface area contributed by atoms with E-state index in [2.05, 4.69) is 16.5 Å². The number of anilines is 2. The number of benzene rings is 4. The van der Waals surface area contributed by atoms with Gasteiger partial charge in [-0.25, -0.2) is 0 Å². The highest BCUT2D eigenvalue weighted by atomic mass is 16.5. The van der Waals surface area contributed by atoms with Gasteiger partial charge in [0.15, 0.2) is 0 Å². The first kappa shape index (κ1) is 27.8. The SMILES string of the molecule is COc1cc(/C=C/C(=O)Nc2ccccc2N)cc(-c2cnn(C3CCN(C(=O)c4ccc5ccccc5c4)CC3)c2)c1. The van der Waals surface area contributed by atoms with Crippen molar-refractivity contribution in [2.24, 2.45) is 0 Å². The van der Waals surface area contributed by atoms with Crippen LogP contribution in [0.4, 0.5) is 11.4 Å². The summed E-state index contributed by atoms with van der Waals surface area (Å²) in [5, 5.41) is 9.68. The second-order valence-corrected chi connectivity index (χ2v) is 10.7. The summed E-state index contributed by atoms with van der Waals surface area (Å²) in [4.78, 5) is 27.7. The van der Waals surface area contributed by atoms with Crippen molar-refractivity contribution in [3.8, 4) is 16.9 Å². The number of likely N-dealkylation sites (tertiary alicyclic amines) is 1. The highest BCUT2D eigenvalue weighted by Gasteiger charge is 2.25. The van der Waals surface area contributed by atoms with Crippen molar-refractivity contribution in [1.82, 2.24) is 14.7 Å². The molecular formula is C35H33N5O3. The number of nitrogens with two attached hydrogens (primary N) is 1. The van der Waals surface area contributed by atoms with Gasteiger partial charge in [-0.2, -0.15) is 5.10 Å². The van der Waals surface area contributed by atoms with Crippen LogP contribution in [0, 0.1) is 0 Å². The third kappa shape index (κ3) is 6.28. The molecule has 0 radical (unpaired) electrons. The van der Waals surface area contributed by atoms with Gasteiger partial charge in [0.05, 0.1) is 30.7 Å². The number of hydrogen-bond donors (Lipinski definition) is 2. The first-order chi connectivity index (χ1) is 21.0. The Kier molecular flexibility index (Phi) is 7.91. The molecule has 5 aromatic rings. The van der Waals surface area contributed by atoms with Gasteiger partial charge in [0, 0.05) is 36.5 Å². The third-order valence-electron chi connectivity index (χ3n) is 7.87. The van der Waals surface area contributed by atoms with Gasteiger partial charge in [-0.1, -0.05) is 42.5 Å². The molecule has 0 atom stereocenters. The molecule has 1 aromatic heterocycles. The van der Waals surface area contributed by atoms with E-state index in [1.165, 1.54) is 6.08 Å². The van der Waals surface area contributed by atoms with Crippen LogP contribution in [-0.2, 0) is 4.79 Å². The van der Waals surface area contributed by atoms with Crippen LogP contribution < -0.4 is 15.8 Å². The third-order valence-corrected chi connectivity index (χ3v) is 7.87. The Bertz CT molecular complexity index is 1820. The number of rotatable bonds is 7. The number of carbonyl (C=O) groups excluding carboxylic acids is 2. The lowest BCUT2D eigenvalue weighted by Gasteiger charge is -2.32. The molecule has 4 aromatic carbocycles. The van der Waals surface area contributed by atoms with E-state index < -0.39 is 0 Å². The summed E-state index contributed by atoms with van der Waals surface area (Å²) in [5.74, 6) is 0.474. The fourth-order valence-electron chi connectivity index (χ4n) is 5.49. The fraction of sp³-hybridized carbons (Fsp3) is 0.171. The van der Waals surface area contributed by atoms with Crippen LogP contribution in [-0.4, -0.2) is 46.7 Å². The zero-order valence-electron chi connectivity index (χ0n) is 23.9. The quantitative estimate of drug-likeness (QED) is 0.173. The van der Waals surface area contributed by atoms with Crippen molar-refractivity contribution < 1.29 is 14.3 Å². The monoisotopic (exact) mass is 571 g/mol. The summed E-state index contributed by atoms with van der Waals surface area (Å²) in [6.07, 6.45) is 8.76. The van der Waals surface area contributed by atoms with Crippen LogP contribution >= 0.6 is 0 Å². The maximum Gasteiger partial charge on any atom is 0.253 e. The standard InChI is InChI=1S/C35H33N5O3/c1-43-31-19-24(10-13-34(41)38-33-9-5-4-8-32(33)36)18-28(21-31)29-22-37-40(23-29)30-14-16-39(17-15-30)35(42)27-12-11-25-6-2-3-7-26(25)20-27/h2-13,18-23,30H,14-17,36H2,1H3,(H,38,41)/b13-10+. The van der Waals surface area contributed by atoms with Gasteiger partial charge in [0.1, 0.15) is 5.75 Å². The van der Waals surface area contributed by atoms with E-state index in [1.54, 1.807) is 25.3 Å². The Morgan fingerprint density at radius 1 is 0.930 bits per heavy atom. The molecule has 1 fully saturated rings. The van der Waals surface area contributed by atoms with Crippen LogP contribution in [0.15, 0.2) is 103 Å². The van der Waals surface area contributed by atoms with Gasteiger partial charge < -0.3 is 20.7 Å². The van der Waals surface area contributed by atoms with Crippen molar-refractivity contribution in [3.05, 3.63) is 115 Å². The molecule has 6 rings (SSSR count). The van der Waals surface area contributed by atoms with E-state index in [9.17, 15) is 9.59 Å². The summed E-state index contributed by atoms with van der Waals surface area (Å²) in [6.45, 7) is 1.35. The Balaban J connectivity index is 1.11. The molecule has 0 spiro atoms. The molecule has 3 N–H and O–H groups in total. The van der Waals surface area contributed by atoms with E-state index in [1.807, 2.05) is 88.7 Å². The molecule has 1 saturated heterocycles. The minimum atomic E-state index is -0.277. The first-order valence-electron chi connectivity index (χ1n) is 14.3. The van der Waals surface area contributed by atoms with E-state index in [0.29, 0.717) is 30.2 Å². The van der Waals surface area contributed by atoms with Crippen molar-refractivity contribution in [3.63, 3.8) is 0 Å². The van der Waals surface area contributed by atoms with Gasteiger partial charge in [0.2, 0.25) is 5.91 Å².